The number of thiophene rings is 1. The Labute approximate surface area is 158 Å². The molecular weight excluding hydrogens is 404 g/mol. The molecule has 24 heavy (non-hydrogen) atoms. The summed E-state index contributed by atoms with van der Waals surface area (Å²) >= 11 is 6.69. The molecule has 0 saturated carbocycles. The molecule has 3 nitrogen and oxygen atoms in total. The third-order valence-electron chi connectivity index (χ3n) is 3.76. The number of hydrogen-bond donors (Lipinski definition) is 0. The van der Waals surface area contributed by atoms with Gasteiger partial charge in [0.2, 0.25) is 5.91 Å². The second-order valence-electron chi connectivity index (χ2n) is 5.63. The molecule has 1 aromatic carbocycles. The van der Waals surface area contributed by atoms with Crippen LogP contribution in [0, 0.1) is 6.92 Å². The molecule has 0 spiro atoms. The molecule has 2 aromatic heterocycles. The molecule has 0 aliphatic heterocycles. The molecule has 2 heterocycles. The second kappa shape index (κ2) is 7.59. The summed E-state index contributed by atoms with van der Waals surface area (Å²) in [5, 5.41) is 4.98. The molecule has 0 atom stereocenters. The molecule has 6 heteroatoms. The first kappa shape index (κ1) is 17.3. The van der Waals surface area contributed by atoms with Crippen LogP contribution >= 0.6 is 38.6 Å². The largest absolute Gasteiger partial charge is 0.341 e. The summed E-state index contributed by atoms with van der Waals surface area (Å²) in [6.45, 7) is 2.69. The Kier molecular flexibility index (Phi) is 5.48. The standard InChI is InChI=1S/C18H17BrN2OS2/c1-12-5-3-4-6-13(12)9-21(2)17(22)8-15-11-24-18(20-15)16-7-14(19)10-23-16/h3-7,10-11H,8-9H2,1-2H3. The van der Waals surface area contributed by atoms with Crippen LogP contribution in [-0.2, 0) is 17.8 Å². The summed E-state index contributed by atoms with van der Waals surface area (Å²) < 4.78 is 1.06. The highest BCUT2D eigenvalue weighted by atomic mass is 79.9. The number of aromatic nitrogens is 1. The highest BCUT2D eigenvalue weighted by molar-refractivity contribution is 9.10. The molecule has 0 aliphatic carbocycles. The quantitative estimate of drug-likeness (QED) is 0.571. The van der Waals surface area contributed by atoms with E-state index >= 15 is 0 Å². The zero-order chi connectivity index (χ0) is 17.1. The van der Waals surface area contributed by atoms with Gasteiger partial charge in [0, 0.05) is 28.8 Å². The fourth-order valence-corrected chi connectivity index (χ4v) is 4.67. The predicted molar refractivity (Wildman–Crippen MR) is 104 cm³/mol. The molecule has 0 saturated heterocycles. The smallest absolute Gasteiger partial charge is 0.228 e. The fraction of sp³-hybridized carbons (Fsp3) is 0.222. The van der Waals surface area contributed by atoms with E-state index < -0.39 is 0 Å². The number of likely N-dealkylation sites (N-methyl/N-ethyl adjacent to an activating group) is 1. The fourth-order valence-electron chi connectivity index (χ4n) is 2.35. The van der Waals surface area contributed by atoms with Crippen molar-refractivity contribution in [2.75, 3.05) is 7.05 Å². The summed E-state index contributed by atoms with van der Waals surface area (Å²) in [6, 6.07) is 10.2. The van der Waals surface area contributed by atoms with Crippen molar-refractivity contribution in [3.05, 3.63) is 62.4 Å². The Morgan fingerprint density at radius 1 is 1.25 bits per heavy atom. The SMILES string of the molecule is Cc1ccccc1CN(C)C(=O)Cc1csc(-c2cc(Br)cs2)n1. The van der Waals surface area contributed by atoms with E-state index in [0.717, 1.165) is 20.1 Å². The average Bonchev–Trinajstić information content (AvgIpc) is 3.18. The van der Waals surface area contributed by atoms with E-state index in [1.807, 2.05) is 29.9 Å². The molecule has 0 fully saturated rings. The Morgan fingerprint density at radius 3 is 2.75 bits per heavy atom. The minimum atomic E-state index is 0.0856. The van der Waals surface area contributed by atoms with Gasteiger partial charge in [-0.05, 0) is 40.0 Å². The summed E-state index contributed by atoms with van der Waals surface area (Å²) in [6.07, 6.45) is 0.339. The van der Waals surface area contributed by atoms with E-state index in [1.165, 1.54) is 11.1 Å². The van der Waals surface area contributed by atoms with Crippen LogP contribution in [0.25, 0.3) is 9.88 Å². The Morgan fingerprint density at radius 2 is 2.04 bits per heavy atom. The lowest BCUT2D eigenvalue weighted by Crippen LogP contribution is -2.28. The van der Waals surface area contributed by atoms with Crippen LogP contribution < -0.4 is 0 Å². The van der Waals surface area contributed by atoms with Crippen LogP contribution in [0.5, 0.6) is 0 Å². The lowest BCUT2D eigenvalue weighted by atomic mass is 10.1. The Balaban J connectivity index is 1.64. The van der Waals surface area contributed by atoms with Gasteiger partial charge in [0.05, 0.1) is 17.0 Å². The molecule has 0 aliphatic rings. The van der Waals surface area contributed by atoms with Gasteiger partial charge in [-0.3, -0.25) is 4.79 Å². The number of thiazole rings is 1. The average molecular weight is 421 g/mol. The zero-order valence-corrected chi connectivity index (χ0v) is 16.7. The number of nitrogens with zero attached hydrogens (tertiary/aromatic N) is 2. The number of carbonyl (C=O) groups excluding carboxylic acids is 1. The van der Waals surface area contributed by atoms with E-state index in [4.69, 9.17) is 0 Å². The van der Waals surface area contributed by atoms with Crippen LogP contribution in [0.4, 0.5) is 0 Å². The van der Waals surface area contributed by atoms with Crippen molar-refractivity contribution < 1.29 is 4.79 Å². The lowest BCUT2D eigenvalue weighted by molar-refractivity contribution is -0.129. The first-order valence-electron chi connectivity index (χ1n) is 7.50. The van der Waals surface area contributed by atoms with Crippen molar-refractivity contribution in [1.82, 2.24) is 9.88 Å². The van der Waals surface area contributed by atoms with Crippen molar-refractivity contribution in [2.45, 2.75) is 19.9 Å². The van der Waals surface area contributed by atoms with Gasteiger partial charge in [0.15, 0.2) is 0 Å². The van der Waals surface area contributed by atoms with E-state index in [2.05, 4.69) is 46.0 Å². The topological polar surface area (TPSA) is 33.2 Å². The molecule has 0 unspecified atom stereocenters. The zero-order valence-electron chi connectivity index (χ0n) is 13.5. The van der Waals surface area contributed by atoms with E-state index in [-0.39, 0.29) is 5.91 Å². The third-order valence-corrected chi connectivity index (χ3v) is 6.51. The number of aryl methyl sites for hydroxylation is 1. The van der Waals surface area contributed by atoms with Gasteiger partial charge in [0.1, 0.15) is 5.01 Å². The predicted octanol–water partition coefficient (Wildman–Crippen LogP) is 5.14. The van der Waals surface area contributed by atoms with Gasteiger partial charge in [-0.25, -0.2) is 4.98 Å². The summed E-state index contributed by atoms with van der Waals surface area (Å²) in [7, 11) is 1.85. The third kappa shape index (κ3) is 4.12. The summed E-state index contributed by atoms with van der Waals surface area (Å²) in [5.74, 6) is 0.0856. The van der Waals surface area contributed by atoms with Crippen LogP contribution in [-0.4, -0.2) is 22.8 Å². The monoisotopic (exact) mass is 420 g/mol. The van der Waals surface area contributed by atoms with Crippen LogP contribution in [0.1, 0.15) is 16.8 Å². The van der Waals surface area contributed by atoms with Crippen molar-refractivity contribution in [1.29, 1.82) is 0 Å². The molecule has 124 valence electrons. The van der Waals surface area contributed by atoms with Gasteiger partial charge in [0.25, 0.3) is 0 Å². The Hall–Kier alpha value is -1.50. The number of hydrogen-bond acceptors (Lipinski definition) is 4. The van der Waals surface area contributed by atoms with Gasteiger partial charge in [-0.1, -0.05) is 24.3 Å². The van der Waals surface area contributed by atoms with Gasteiger partial charge < -0.3 is 4.90 Å². The normalized spacial score (nSPS) is 10.8. The maximum absolute atomic E-state index is 12.5. The van der Waals surface area contributed by atoms with Crippen LogP contribution in [0.2, 0.25) is 0 Å². The number of rotatable bonds is 5. The molecule has 0 bridgehead atoms. The maximum Gasteiger partial charge on any atom is 0.228 e. The number of carbonyl (C=O) groups is 1. The molecule has 3 rings (SSSR count). The van der Waals surface area contributed by atoms with E-state index in [9.17, 15) is 4.79 Å². The molecule has 0 N–H and O–H groups in total. The number of benzene rings is 1. The van der Waals surface area contributed by atoms with Crippen molar-refractivity contribution in [3.8, 4) is 9.88 Å². The highest BCUT2D eigenvalue weighted by Crippen LogP contribution is 2.32. The molecule has 1 amide bonds. The van der Waals surface area contributed by atoms with Crippen molar-refractivity contribution in [2.24, 2.45) is 0 Å². The van der Waals surface area contributed by atoms with Crippen molar-refractivity contribution in [3.63, 3.8) is 0 Å². The minimum Gasteiger partial charge on any atom is -0.341 e. The molecule has 3 aromatic rings. The van der Waals surface area contributed by atoms with Crippen LogP contribution in [0.15, 0.2) is 45.6 Å². The molecular formula is C18H17BrN2OS2. The molecule has 0 radical (unpaired) electrons. The van der Waals surface area contributed by atoms with Gasteiger partial charge in [-0.15, -0.1) is 22.7 Å². The van der Waals surface area contributed by atoms with E-state index in [0.29, 0.717) is 13.0 Å². The van der Waals surface area contributed by atoms with Crippen LogP contribution in [0.3, 0.4) is 0 Å². The Bertz CT molecular complexity index is 856. The number of amides is 1. The highest BCUT2D eigenvalue weighted by Gasteiger charge is 2.14. The minimum absolute atomic E-state index is 0.0856. The van der Waals surface area contributed by atoms with Gasteiger partial charge >= 0.3 is 0 Å². The van der Waals surface area contributed by atoms with E-state index in [1.54, 1.807) is 27.6 Å². The second-order valence-corrected chi connectivity index (χ2v) is 8.31. The van der Waals surface area contributed by atoms with Gasteiger partial charge in [-0.2, -0.15) is 0 Å². The number of halogens is 1. The summed E-state index contributed by atoms with van der Waals surface area (Å²) in [5.41, 5.74) is 3.22. The lowest BCUT2D eigenvalue weighted by Gasteiger charge is -2.18. The van der Waals surface area contributed by atoms with Crippen molar-refractivity contribution >= 4 is 44.5 Å². The first-order chi connectivity index (χ1) is 11.5. The summed E-state index contributed by atoms with van der Waals surface area (Å²) in [4.78, 5) is 20.0. The first-order valence-corrected chi connectivity index (χ1v) is 10.1. The maximum atomic E-state index is 12.5.